The quantitative estimate of drug-likeness (QED) is 0.630. The summed E-state index contributed by atoms with van der Waals surface area (Å²) < 4.78 is 21.6. The van der Waals surface area contributed by atoms with E-state index in [0.29, 0.717) is 33.4 Å². The van der Waals surface area contributed by atoms with E-state index in [1.807, 2.05) is 24.3 Å². The van der Waals surface area contributed by atoms with Crippen LogP contribution in [-0.2, 0) is 4.74 Å². The molecule has 8 heteroatoms. The van der Waals surface area contributed by atoms with E-state index in [0.717, 1.165) is 10.1 Å². The molecule has 0 spiro atoms. The molecule has 0 saturated carbocycles. The maximum Gasteiger partial charge on any atom is 0.341 e. The van der Waals surface area contributed by atoms with Gasteiger partial charge in [0.1, 0.15) is 10.6 Å². The Morgan fingerprint density at radius 3 is 2.14 bits per heavy atom. The first-order valence-electron chi connectivity index (χ1n) is 8.25. The van der Waals surface area contributed by atoms with E-state index in [-0.39, 0.29) is 0 Å². The highest BCUT2D eigenvalue weighted by molar-refractivity contribution is 7.23. The Hall–Kier alpha value is -3.26. The summed E-state index contributed by atoms with van der Waals surface area (Å²) >= 11 is 1.30. The summed E-state index contributed by atoms with van der Waals surface area (Å²) in [6.07, 6.45) is 0. The number of ether oxygens (including phenoxy) is 4. The summed E-state index contributed by atoms with van der Waals surface area (Å²) in [5.41, 5.74) is 0.617. The zero-order valence-corrected chi connectivity index (χ0v) is 16.6. The molecule has 1 amide bonds. The summed E-state index contributed by atoms with van der Waals surface area (Å²) in [6, 6.07) is 10.5. The van der Waals surface area contributed by atoms with Crippen molar-refractivity contribution in [2.75, 3.05) is 33.8 Å². The zero-order valence-electron chi connectivity index (χ0n) is 15.8. The van der Waals surface area contributed by atoms with Gasteiger partial charge >= 0.3 is 5.97 Å². The predicted molar refractivity (Wildman–Crippen MR) is 107 cm³/mol. The molecule has 3 rings (SSSR count). The largest absolute Gasteiger partial charge is 0.493 e. The van der Waals surface area contributed by atoms with E-state index in [9.17, 15) is 9.59 Å². The fraction of sp³-hybridized carbons (Fsp3) is 0.200. The van der Waals surface area contributed by atoms with Gasteiger partial charge in [0.15, 0.2) is 11.5 Å². The van der Waals surface area contributed by atoms with Crippen molar-refractivity contribution in [3.8, 4) is 17.2 Å². The Balaban J connectivity index is 2.03. The molecule has 1 N–H and O–H groups in total. The number of hydrogen-bond acceptors (Lipinski definition) is 7. The van der Waals surface area contributed by atoms with Crippen LogP contribution in [0.25, 0.3) is 10.1 Å². The molecule has 0 atom stereocenters. The van der Waals surface area contributed by atoms with Crippen molar-refractivity contribution in [3.05, 3.63) is 47.5 Å². The lowest BCUT2D eigenvalue weighted by Crippen LogP contribution is -2.14. The number of rotatable bonds is 6. The fourth-order valence-corrected chi connectivity index (χ4v) is 3.91. The smallest absolute Gasteiger partial charge is 0.341 e. The van der Waals surface area contributed by atoms with Crippen LogP contribution in [0.3, 0.4) is 0 Å². The molecule has 146 valence electrons. The molecule has 0 bridgehead atoms. The maximum atomic E-state index is 12.9. The van der Waals surface area contributed by atoms with Gasteiger partial charge in [-0.2, -0.15) is 0 Å². The lowest BCUT2D eigenvalue weighted by molar-refractivity contribution is 0.0604. The maximum absolute atomic E-state index is 12.9. The van der Waals surface area contributed by atoms with Gasteiger partial charge in [-0.1, -0.05) is 18.2 Å². The van der Waals surface area contributed by atoms with Gasteiger partial charge in [-0.05, 0) is 18.2 Å². The van der Waals surface area contributed by atoms with Gasteiger partial charge in [-0.3, -0.25) is 4.79 Å². The number of anilines is 1. The molecule has 2 aromatic carbocycles. The van der Waals surface area contributed by atoms with Gasteiger partial charge in [-0.25, -0.2) is 4.79 Å². The number of hydrogen-bond donors (Lipinski definition) is 1. The third-order valence-electron chi connectivity index (χ3n) is 4.14. The molecule has 0 aliphatic heterocycles. The van der Waals surface area contributed by atoms with E-state index in [4.69, 9.17) is 18.9 Å². The molecule has 28 heavy (non-hydrogen) atoms. The molecule has 3 aromatic rings. The second-order valence-corrected chi connectivity index (χ2v) is 6.71. The molecule has 0 saturated heterocycles. The monoisotopic (exact) mass is 401 g/mol. The lowest BCUT2D eigenvalue weighted by atomic mass is 10.1. The first-order chi connectivity index (χ1) is 13.5. The summed E-state index contributed by atoms with van der Waals surface area (Å²) in [5, 5.41) is 3.93. The van der Waals surface area contributed by atoms with Crippen LogP contribution < -0.4 is 19.5 Å². The number of benzene rings is 2. The van der Waals surface area contributed by atoms with E-state index in [1.54, 1.807) is 12.1 Å². The van der Waals surface area contributed by atoms with Gasteiger partial charge in [0.2, 0.25) is 5.75 Å². The summed E-state index contributed by atoms with van der Waals surface area (Å²) in [4.78, 5) is 25.2. The van der Waals surface area contributed by atoms with Crippen molar-refractivity contribution in [3.63, 3.8) is 0 Å². The van der Waals surface area contributed by atoms with Crippen LogP contribution in [0.1, 0.15) is 20.7 Å². The molecule has 0 aliphatic carbocycles. The highest BCUT2D eigenvalue weighted by atomic mass is 32.1. The van der Waals surface area contributed by atoms with Crippen molar-refractivity contribution in [1.82, 2.24) is 0 Å². The molecule has 7 nitrogen and oxygen atoms in total. The number of thiophene rings is 1. The van der Waals surface area contributed by atoms with Gasteiger partial charge in [0.25, 0.3) is 5.91 Å². The molecule has 1 heterocycles. The molecule has 0 unspecified atom stereocenters. The Kier molecular flexibility index (Phi) is 5.70. The van der Waals surface area contributed by atoms with Crippen molar-refractivity contribution < 1.29 is 28.5 Å². The average molecular weight is 401 g/mol. The summed E-state index contributed by atoms with van der Waals surface area (Å²) in [6.45, 7) is 0. The molecule has 1 aromatic heterocycles. The lowest BCUT2D eigenvalue weighted by Gasteiger charge is -2.14. The first-order valence-corrected chi connectivity index (χ1v) is 9.06. The van der Waals surface area contributed by atoms with Gasteiger partial charge in [0.05, 0.1) is 28.4 Å². The minimum absolute atomic E-state index is 0.294. The van der Waals surface area contributed by atoms with Gasteiger partial charge in [-0.15, -0.1) is 11.3 Å². The Bertz CT molecular complexity index is 1020. The molecular formula is C20H19NO6S. The van der Waals surface area contributed by atoms with Crippen molar-refractivity contribution in [1.29, 1.82) is 0 Å². The highest BCUT2D eigenvalue weighted by Crippen LogP contribution is 2.39. The van der Waals surface area contributed by atoms with Gasteiger partial charge in [0, 0.05) is 15.6 Å². The SMILES string of the molecule is COC(=O)c1c(NC(=O)c2cc(OC)c(OC)c(OC)c2)sc2ccccc12. The van der Waals surface area contributed by atoms with E-state index in [2.05, 4.69) is 5.32 Å². The fourth-order valence-electron chi connectivity index (χ4n) is 2.83. The van der Waals surface area contributed by atoms with Crippen molar-refractivity contribution >= 4 is 38.3 Å². The number of carbonyl (C=O) groups excluding carboxylic acids is 2. The molecular weight excluding hydrogens is 382 g/mol. The standard InChI is InChI=1S/C20H19NO6S/c1-24-13-9-11(10-14(25-2)17(13)26-3)18(22)21-19-16(20(23)27-4)12-7-5-6-8-15(12)28-19/h5-10H,1-4H3,(H,21,22). The normalized spacial score (nSPS) is 10.4. The molecule has 0 aliphatic rings. The topological polar surface area (TPSA) is 83.1 Å². The van der Waals surface area contributed by atoms with Crippen LogP contribution in [0.4, 0.5) is 5.00 Å². The van der Waals surface area contributed by atoms with Crippen LogP contribution >= 0.6 is 11.3 Å². The number of amides is 1. The summed E-state index contributed by atoms with van der Waals surface area (Å²) in [7, 11) is 5.74. The van der Waals surface area contributed by atoms with Crippen LogP contribution in [-0.4, -0.2) is 40.3 Å². The first kappa shape index (κ1) is 19.5. The third-order valence-corrected chi connectivity index (χ3v) is 5.23. The summed E-state index contributed by atoms with van der Waals surface area (Å²) in [5.74, 6) is 0.167. The number of fused-ring (bicyclic) bond motifs is 1. The Labute approximate surface area is 165 Å². The van der Waals surface area contributed by atoms with Crippen LogP contribution in [0.5, 0.6) is 17.2 Å². The average Bonchev–Trinajstić information content (AvgIpc) is 3.09. The van der Waals surface area contributed by atoms with Crippen LogP contribution in [0.15, 0.2) is 36.4 Å². The number of nitrogens with one attached hydrogen (secondary N) is 1. The highest BCUT2D eigenvalue weighted by Gasteiger charge is 2.23. The van der Waals surface area contributed by atoms with Crippen molar-refractivity contribution in [2.45, 2.75) is 0 Å². The van der Waals surface area contributed by atoms with E-state index >= 15 is 0 Å². The minimum Gasteiger partial charge on any atom is -0.493 e. The predicted octanol–water partition coefficient (Wildman–Crippen LogP) is 3.97. The Morgan fingerprint density at radius 1 is 0.929 bits per heavy atom. The van der Waals surface area contributed by atoms with Crippen LogP contribution in [0.2, 0.25) is 0 Å². The minimum atomic E-state index is -0.516. The number of methoxy groups -OCH3 is 4. The second-order valence-electron chi connectivity index (χ2n) is 5.66. The van der Waals surface area contributed by atoms with Crippen LogP contribution in [0, 0.1) is 0 Å². The molecule has 0 radical (unpaired) electrons. The third kappa shape index (κ3) is 3.46. The zero-order chi connectivity index (χ0) is 20.3. The number of carbonyl (C=O) groups is 2. The van der Waals surface area contributed by atoms with E-state index < -0.39 is 11.9 Å². The second kappa shape index (κ2) is 8.18. The molecule has 0 fully saturated rings. The Morgan fingerprint density at radius 2 is 1.57 bits per heavy atom. The van der Waals surface area contributed by atoms with E-state index in [1.165, 1.54) is 39.8 Å². The van der Waals surface area contributed by atoms with Gasteiger partial charge < -0.3 is 24.3 Å². The number of esters is 1. The van der Waals surface area contributed by atoms with Crippen molar-refractivity contribution in [2.24, 2.45) is 0 Å².